The third kappa shape index (κ3) is 4.33. The number of hydrogen-bond donors (Lipinski definition) is 0. The zero-order valence-corrected chi connectivity index (χ0v) is 19.0. The normalized spacial score (nSPS) is 16.6. The number of fused-ring (bicyclic) bond motifs is 1. The summed E-state index contributed by atoms with van der Waals surface area (Å²) in [6, 6.07) is 11.5. The van der Waals surface area contributed by atoms with Crippen LogP contribution in [0.25, 0.3) is 0 Å². The van der Waals surface area contributed by atoms with Gasteiger partial charge in [-0.15, -0.1) is 0 Å². The average molecular weight is 450 g/mol. The maximum atomic E-state index is 13.0. The highest BCUT2D eigenvalue weighted by molar-refractivity contribution is 6.22. The molecule has 172 valence electrons. The second-order valence-electron chi connectivity index (χ2n) is 8.47. The largest absolute Gasteiger partial charge is 0.484 e. The SMILES string of the molecule is Cc1ccc(OCC(=O)N2CCN(C(=O)C(C)N3C(=O)c4ccccc4C3=O)CC2)c(C)c1. The van der Waals surface area contributed by atoms with Gasteiger partial charge in [0.05, 0.1) is 11.1 Å². The molecule has 2 aromatic rings. The number of amides is 4. The molecule has 0 N–H and O–H groups in total. The zero-order chi connectivity index (χ0) is 23.7. The van der Waals surface area contributed by atoms with Gasteiger partial charge in [-0.25, -0.2) is 0 Å². The molecule has 4 rings (SSSR count). The number of piperazine rings is 1. The van der Waals surface area contributed by atoms with Crippen molar-refractivity contribution in [2.24, 2.45) is 0 Å². The predicted molar refractivity (Wildman–Crippen MR) is 121 cm³/mol. The van der Waals surface area contributed by atoms with E-state index in [0.29, 0.717) is 43.1 Å². The first-order valence-electron chi connectivity index (χ1n) is 11.0. The lowest BCUT2D eigenvalue weighted by Crippen LogP contribution is -2.56. The Morgan fingerprint density at radius 1 is 0.909 bits per heavy atom. The van der Waals surface area contributed by atoms with Crippen molar-refractivity contribution in [3.05, 3.63) is 64.7 Å². The van der Waals surface area contributed by atoms with Gasteiger partial charge in [-0.05, 0) is 44.5 Å². The molecule has 4 amide bonds. The first kappa shape index (κ1) is 22.5. The number of nitrogens with zero attached hydrogens (tertiary/aromatic N) is 3. The summed E-state index contributed by atoms with van der Waals surface area (Å²) in [5, 5.41) is 0. The van der Waals surface area contributed by atoms with Gasteiger partial charge >= 0.3 is 0 Å². The number of rotatable bonds is 5. The predicted octanol–water partition coefficient (Wildman–Crippen LogP) is 2.04. The Kier molecular flexibility index (Phi) is 6.18. The van der Waals surface area contributed by atoms with E-state index in [4.69, 9.17) is 4.74 Å². The number of hydrogen-bond acceptors (Lipinski definition) is 5. The molecule has 1 atom stereocenters. The quantitative estimate of drug-likeness (QED) is 0.652. The third-order valence-corrected chi connectivity index (χ3v) is 6.20. The Morgan fingerprint density at radius 2 is 1.48 bits per heavy atom. The molecule has 8 heteroatoms. The highest BCUT2D eigenvalue weighted by atomic mass is 16.5. The minimum Gasteiger partial charge on any atom is -0.484 e. The van der Waals surface area contributed by atoms with E-state index in [1.165, 1.54) is 0 Å². The van der Waals surface area contributed by atoms with Crippen molar-refractivity contribution < 1.29 is 23.9 Å². The molecule has 33 heavy (non-hydrogen) atoms. The molecule has 1 fully saturated rings. The minimum atomic E-state index is -0.910. The monoisotopic (exact) mass is 449 g/mol. The summed E-state index contributed by atoms with van der Waals surface area (Å²) in [5.74, 6) is -0.668. The van der Waals surface area contributed by atoms with E-state index in [1.807, 2.05) is 32.0 Å². The fourth-order valence-corrected chi connectivity index (χ4v) is 4.30. The fourth-order valence-electron chi connectivity index (χ4n) is 4.30. The van der Waals surface area contributed by atoms with Crippen LogP contribution in [0.4, 0.5) is 0 Å². The Bertz CT molecular complexity index is 1090. The van der Waals surface area contributed by atoms with Crippen LogP contribution in [0.15, 0.2) is 42.5 Å². The van der Waals surface area contributed by atoms with Crippen molar-refractivity contribution >= 4 is 23.6 Å². The molecule has 2 aromatic carbocycles. The highest BCUT2D eigenvalue weighted by Gasteiger charge is 2.42. The van der Waals surface area contributed by atoms with Crippen LogP contribution in [0.2, 0.25) is 0 Å². The maximum absolute atomic E-state index is 13.0. The standard InChI is InChI=1S/C25H27N3O5/c1-16-8-9-21(17(2)14-16)33-15-22(29)26-10-12-27(13-11-26)23(30)18(3)28-24(31)19-6-4-5-7-20(19)25(28)32/h4-9,14,18H,10-13,15H2,1-3H3. The first-order chi connectivity index (χ1) is 15.8. The summed E-state index contributed by atoms with van der Waals surface area (Å²) in [5.41, 5.74) is 2.74. The number of carbonyl (C=O) groups excluding carboxylic acids is 4. The number of ether oxygens (including phenoxy) is 1. The third-order valence-electron chi connectivity index (χ3n) is 6.20. The summed E-state index contributed by atoms with van der Waals surface area (Å²) < 4.78 is 5.69. The van der Waals surface area contributed by atoms with Gasteiger partial charge in [0.25, 0.3) is 17.7 Å². The summed E-state index contributed by atoms with van der Waals surface area (Å²) in [7, 11) is 0. The number of carbonyl (C=O) groups is 4. The van der Waals surface area contributed by atoms with Crippen molar-refractivity contribution in [1.29, 1.82) is 0 Å². The molecule has 0 radical (unpaired) electrons. The van der Waals surface area contributed by atoms with E-state index in [-0.39, 0.29) is 18.4 Å². The molecule has 0 spiro atoms. The van der Waals surface area contributed by atoms with Crippen molar-refractivity contribution in [3.8, 4) is 5.75 Å². The van der Waals surface area contributed by atoms with Gasteiger partial charge < -0.3 is 14.5 Å². The van der Waals surface area contributed by atoms with Crippen molar-refractivity contribution in [1.82, 2.24) is 14.7 Å². The molecule has 0 bridgehead atoms. The fraction of sp³-hybridized carbons (Fsp3) is 0.360. The zero-order valence-electron chi connectivity index (χ0n) is 19.0. The second kappa shape index (κ2) is 9.05. The van der Waals surface area contributed by atoms with Crippen LogP contribution in [-0.2, 0) is 9.59 Å². The molecule has 0 aromatic heterocycles. The molecule has 2 aliphatic rings. The molecular formula is C25H27N3O5. The van der Waals surface area contributed by atoms with Crippen LogP contribution in [0.3, 0.4) is 0 Å². The van der Waals surface area contributed by atoms with Crippen LogP contribution in [0.5, 0.6) is 5.75 Å². The van der Waals surface area contributed by atoms with Gasteiger partial charge in [0, 0.05) is 26.2 Å². The van der Waals surface area contributed by atoms with Crippen LogP contribution in [0, 0.1) is 13.8 Å². The first-order valence-corrected chi connectivity index (χ1v) is 11.0. The van der Waals surface area contributed by atoms with Gasteiger partial charge in [-0.1, -0.05) is 29.8 Å². The van der Waals surface area contributed by atoms with Crippen molar-refractivity contribution in [2.45, 2.75) is 26.8 Å². The second-order valence-corrected chi connectivity index (χ2v) is 8.47. The lowest BCUT2D eigenvalue weighted by atomic mass is 10.1. The van der Waals surface area contributed by atoms with E-state index in [0.717, 1.165) is 16.0 Å². The minimum absolute atomic E-state index is 0.0662. The molecular weight excluding hydrogens is 422 g/mol. The van der Waals surface area contributed by atoms with Crippen LogP contribution in [-0.4, -0.2) is 77.2 Å². The summed E-state index contributed by atoms with van der Waals surface area (Å²) in [6.07, 6.45) is 0. The van der Waals surface area contributed by atoms with Gasteiger partial charge in [-0.3, -0.25) is 24.1 Å². The van der Waals surface area contributed by atoms with E-state index in [1.54, 1.807) is 41.0 Å². The Labute approximate surface area is 192 Å². The number of aryl methyl sites for hydroxylation is 2. The summed E-state index contributed by atoms with van der Waals surface area (Å²) in [6.45, 7) is 6.85. The Balaban J connectivity index is 1.31. The van der Waals surface area contributed by atoms with E-state index in [9.17, 15) is 19.2 Å². The van der Waals surface area contributed by atoms with Crippen LogP contribution >= 0.6 is 0 Å². The maximum Gasteiger partial charge on any atom is 0.262 e. The summed E-state index contributed by atoms with van der Waals surface area (Å²) in [4.78, 5) is 55.3. The Morgan fingerprint density at radius 3 is 2.06 bits per heavy atom. The molecule has 0 saturated carbocycles. The van der Waals surface area contributed by atoms with Gasteiger partial charge in [0.15, 0.2) is 6.61 Å². The molecule has 1 unspecified atom stereocenters. The van der Waals surface area contributed by atoms with Crippen LogP contribution in [0.1, 0.15) is 38.8 Å². The lowest BCUT2D eigenvalue weighted by Gasteiger charge is -2.37. The summed E-state index contributed by atoms with van der Waals surface area (Å²) >= 11 is 0. The number of imide groups is 1. The van der Waals surface area contributed by atoms with Crippen molar-refractivity contribution in [2.75, 3.05) is 32.8 Å². The van der Waals surface area contributed by atoms with E-state index in [2.05, 4.69) is 0 Å². The lowest BCUT2D eigenvalue weighted by molar-refractivity contribution is -0.142. The average Bonchev–Trinajstić information content (AvgIpc) is 3.07. The molecule has 0 aliphatic carbocycles. The molecule has 2 heterocycles. The van der Waals surface area contributed by atoms with Crippen LogP contribution < -0.4 is 4.74 Å². The highest BCUT2D eigenvalue weighted by Crippen LogP contribution is 2.25. The Hall–Kier alpha value is -3.68. The number of benzene rings is 2. The van der Waals surface area contributed by atoms with Crippen molar-refractivity contribution in [3.63, 3.8) is 0 Å². The topological polar surface area (TPSA) is 87.2 Å². The van der Waals surface area contributed by atoms with Gasteiger partial charge in [-0.2, -0.15) is 0 Å². The van der Waals surface area contributed by atoms with E-state index < -0.39 is 17.9 Å². The molecule has 8 nitrogen and oxygen atoms in total. The van der Waals surface area contributed by atoms with Gasteiger partial charge in [0.1, 0.15) is 11.8 Å². The van der Waals surface area contributed by atoms with Gasteiger partial charge in [0.2, 0.25) is 5.91 Å². The molecule has 2 aliphatic heterocycles. The molecule has 1 saturated heterocycles. The van der Waals surface area contributed by atoms with E-state index >= 15 is 0 Å². The smallest absolute Gasteiger partial charge is 0.262 e.